The summed E-state index contributed by atoms with van der Waals surface area (Å²) >= 11 is 0. The molecule has 4 aromatic rings. The van der Waals surface area contributed by atoms with Crippen molar-refractivity contribution in [1.82, 2.24) is 20.0 Å². The van der Waals surface area contributed by atoms with Gasteiger partial charge in [0.2, 0.25) is 0 Å². The minimum absolute atomic E-state index is 0.0190. The number of H-pyrrole nitrogens is 1. The van der Waals surface area contributed by atoms with Crippen LogP contribution in [0, 0.1) is 19.7 Å². The summed E-state index contributed by atoms with van der Waals surface area (Å²) in [5.74, 6) is -0.869. The Hall–Kier alpha value is -4.72. The van der Waals surface area contributed by atoms with Gasteiger partial charge in [-0.2, -0.15) is 0 Å². The van der Waals surface area contributed by atoms with E-state index in [0.717, 1.165) is 27.2 Å². The molecular formula is C29H25FN4O3. The van der Waals surface area contributed by atoms with Crippen molar-refractivity contribution in [3.8, 4) is 5.69 Å². The average molecular weight is 497 g/mol. The van der Waals surface area contributed by atoms with Crippen LogP contribution in [0.5, 0.6) is 0 Å². The van der Waals surface area contributed by atoms with E-state index in [4.69, 9.17) is 0 Å². The Labute approximate surface area is 212 Å². The summed E-state index contributed by atoms with van der Waals surface area (Å²) in [7, 11) is 0. The first-order valence-corrected chi connectivity index (χ1v) is 11.8. The molecule has 37 heavy (non-hydrogen) atoms. The summed E-state index contributed by atoms with van der Waals surface area (Å²) in [5, 5.41) is 5.76. The van der Waals surface area contributed by atoms with Gasteiger partial charge in [0.25, 0.3) is 11.5 Å². The van der Waals surface area contributed by atoms with Gasteiger partial charge in [0.05, 0.1) is 17.8 Å². The largest absolute Gasteiger partial charge is 0.329 e. The van der Waals surface area contributed by atoms with Crippen LogP contribution >= 0.6 is 0 Å². The maximum absolute atomic E-state index is 13.6. The lowest BCUT2D eigenvalue weighted by Gasteiger charge is -2.11. The molecule has 0 atom stereocenters. The number of aromatic nitrogens is 2. The molecule has 1 fully saturated rings. The van der Waals surface area contributed by atoms with Crippen LogP contribution in [0.2, 0.25) is 0 Å². The smallest absolute Gasteiger partial charge is 0.303 e. The van der Waals surface area contributed by atoms with Crippen molar-refractivity contribution >= 4 is 18.0 Å². The monoisotopic (exact) mass is 496 g/mol. The van der Waals surface area contributed by atoms with E-state index in [-0.39, 0.29) is 29.2 Å². The van der Waals surface area contributed by atoms with E-state index >= 15 is 0 Å². The van der Waals surface area contributed by atoms with Crippen LogP contribution in [0.25, 0.3) is 11.8 Å². The quantitative estimate of drug-likeness (QED) is 0.302. The number of rotatable bonds is 6. The van der Waals surface area contributed by atoms with Gasteiger partial charge in [-0.05, 0) is 54.8 Å². The summed E-state index contributed by atoms with van der Waals surface area (Å²) in [5.41, 5.74) is 4.65. The molecule has 1 aromatic heterocycles. The second-order valence-electron chi connectivity index (χ2n) is 9.10. The standard InChI is InChI=1S/C29H25FN4O3/c1-18-7-9-21(10-8-18)17-33-28(36)25(31-29(33)37)16-23-24(15-20-11-13-22(30)14-12-20)32-34(27(23)35)26-6-4-3-5-19(26)2/h3-14,16,32H,15,17H2,1-2H3,(H,31,37). The van der Waals surface area contributed by atoms with Gasteiger partial charge in [-0.3, -0.25) is 19.6 Å². The van der Waals surface area contributed by atoms with Crippen molar-refractivity contribution in [3.63, 3.8) is 0 Å². The summed E-state index contributed by atoms with van der Waals surface area (Å²) in [6, 6.07) is 20.4. The molecule has 0 radical (unpaired) electrons. The number of halogens is 1. The Morgan fingerprint density at radius 2 is 1.54 bits per heavy atom. The molecule has 3 aromatic carbocycles. The highest BCUT2D eigenvalue weighted by molar-refractivity contribution is 6.13. The number of urea groups is 1. The van der Waals surface area contributed by atoms with E-state index in [1.165, 1.54) is 22.9 Å². The van der Waals surface area contributed by atoms with Gasteiger partial charge in [0.15, 0.2) is 0 Å². The molecule has 0 aliphatic carbocycles. The summed E-state index contributed by atoms with van der Waals surface area (Å²) in [6.45, 7) is 3.97. The van der Waals surface area contributed by atoms with Crippen LogP contribution < -0.4 is 10.9 Å². The number of carbonyl (C=O) groups is 2. The first-order valence-electron chi connectivity index (χ1n) is 11.8. The molecule has 1 aliphatic rings. The van der Waals surface area contributed by atoms with Gasteiger partial charge >= 0.3 is 6.03 Å². The van der Waals surface area contributed by atoms with Crippen molar-refractivity contribution in [2.45, 2.75) is 26.8 Å². The third kappa shape index (κ3) is 4.86. The molecule has 1 aliphatic heterocycles. The van der Waals surface area contributed by atoms with E-state index in [1.54, 1.807) is 12.1 Å². The highest BCUT2D eigenvalue weighted by atomic mass is 19.1. The summed E-state index contributed by atoms with van der Waals surface area (Å²) in [6.07, 6.45) is 1.71. The molecular weight excluding hydrogens is 471 g/mol. The van der Waals surface area contributed by atoms with Gasteiger partial charge in [0.1, 0.15) is 11.5 Å². The predicted octanol–water partition coefficient (Wildman–Crippen LogP) is 4.61. The van der Waals surface area contributed by atoms with E-state index in [0.29, 0.717) is 17.8 Å². The fourth-order valence-electron chi connectivity index (χ4n) is 4.31. The number of hydrogen-bond donors (Lipinski definition) is 2. The second-order valence-corrected chi connectivity index (χ2v) is 9.10. The number of hydrogen-bond acceptors (Lipinski definition) is 3. The van der Waals surface area contributed by atoms with E-state index in [2.05, 4.69) is 10.4 Å². The highest BCUT2D eigenvalue weighted by Crippen LogP contribution is 2.20. The molecule has 0 spiro atoms. The molecule has 3 amide bonds. The van der Waals surface area contributed by atoms with Crippen LogP contribution in [-0.2, 0) is 17.8 Å². The Morgan fingerprint density at radius 3 is 2.24 bits per heavy atom. The van der Waals surface area contributed by atoms with Crippen LogP contribution in [0.15, 0.2) is 83.3 Å². The Balaban J connectivity index is 1.54. The van der Waals surface area contributed by atoms with Gasteiger partial charge in [-0.15, -0.1) is 0 Å². The number of para-hydroxylation sites is 1. The van der Waals surface area contributed by atoms with E-state index in [9.17, 15) is 18.8 Å². The third-order valence-electron chi connectivity index (χ3n) is 6.37. The van der Waals surface area contributed by atoms with Crippen molar-refractivity contribution < 1.29 is 14.0 Å². The van der Waals surface area contributed by atoms with Crippen molar-refractivity contribution in [1.29, 1.82) is 0 Å². The number of benzene rings is 3. The van der Waals surface area contributed by atoms with Gasteiger partial charge in [0, 0.05) is 12.1 Å². The van der Waals surface area contributed by atoms with Gasteiger partial charge in [-0.1, -0.05) is 60.2 Å². The number of aryl methyl sites for hydroxylation is 2. The van der Waals surface area contributed by atoms with E-state index in [1.807, 2.05) is 62.4 Å². The fraction of sp³-hybridized carbons (Fsp3) is 0.138. The number of nitrogens with one attached hydrogen (secondary N) is 2. The molecule has 2 heterocycles. The van der Waals surface area contributed by atoms with Crippen LogP contribution in [0.4, 0.5) is 9.18 Å². The Kier molecular flexibility index (Phi) is 6.31. The highest BCUT2D eigenvalue weighted by Gasteiger charge is 2.34. The maximum atomic E-state index is 13.6. The molecule has 186 valence electrons. The molecule has 8 heteroatoms. The molecule has 5 rings (SSSR count). The van der Waals surface area contributed by atoms with Crippen LogP contribution in [-0.4, -0.2) is 26.6 Å². The number of aromatic amines is 1. The molecule has 2 N–H and O–H groups in total. The molecule has 0 bridgehead atoms. The first kappa shape index (κ1) is 24.0. The number of carbonyl (C=O) groups excluding carboxylic acids is 2. The summed E-state index contributed by atoms with van der Waals surface area (Å²) in [4.78, 5) is 40.5. The average Bonchev–Trinajstić information content (AvgIpc) is 3.32. The van der Waals surface area contributed by atoms with Crippen molar-refractivity contribution in [2.24, 2.45) is 0 Å². The normalized spacial score (nSPS) is 14.5. The number of imide groups is 1. The van der Waals surface area contributed by atoms with E-state index < -0.39 is 11.9 Å². The minimum atomic E-state index is -0.549. The number of amides is 3. The van der Waals surface area contributed by atoms with Crippen molar-refractivity contribution in [2.75, 3.05) is 0 Å². The SMILES string of the molecule is Cc1ccc(CN2C(=O)NC(=Cc3c(Cc4ccc(F)cc4)[nH]n(-c4ccccc4C)c3=O)C2=O)cc1. The second kappa shape index (κ2) is 9.73. The zero-order chi connectivity index (χ0) is 26.1. The van der Waals surface area contributed by atoms with Gasteiger partial charge < -0.3 is 5.32 Å². The first-order chi connectivity index (χ1) is 17.8. The van der Waals surface area contributed by atoms with Crippen molar-refractivity contribution in [3.05, 3.63) is 128 Å². The topological polar surface area (TPSA) is 87.2 Å². The van der Waals surface area contributed by atoms with Crippen LogP contribution in [0.3, 0.4) is 0 Å². The summed E-state index contributed by atoms with van der Waals surface area (Å²) < 4.78 is 14.9. The molecule has 1 saturated heterocycles. The fourth-order valence-corrected chi connectivity index (χ4v) is 4.31. The third-order valence-corrected chi connectivity index (χ3v) is 6.37. The maximum Gasteiger partial charge on any atom is 0.329 e. The number of nitrogens with zero attached hydrogens (tertiary/aromatic N) is 2. The molecule has 0 saturated carbocycles. The van der Waals surface area contributed by atoms with Crippen LogP contribution in [0.1, 0.15) is 33.5 Å². The Bertz CT molecular complexity index is 1580. The lowest BCUT2D eigenvalue weighted by molar-refractivity contribution is -0.123. The Morgan fingerprint density at radius 1 is 0.865 bits per heavy atom. The van der Waals surface area contributed by atoms with Gasteiger partial charge in [-0.25, -0.2) is 13.9 Å². The molecule has 0 unspecified atom stereocenters. The molecule has 7 nitrogen and oxygen atoms in total. The lowest BCUT2D eigenvalue weighted by Crippen LogP contribution is -2.30. The zero-order valence-corrected chi connectivity index (χ0v) is 20.4. The minimum Gasteiger partial charge on any atom is -0.303 e. The zero-order valence-electron chi connectivity index (χ0n) is 20.4. The predicted molar refractivity (Wildman–Crippen MR) is 139 cm³/mol. The lowest BCUT2D eigenvalue weighted by atomic mass is 10.1.